The van der Waals surface area contributed by atoms with Crippen LogP contribution in [0.15, 0.2) is 4.99 Å². The average molecular weight is 433 g/mol. The molecule has 1 spiro atoms. The molecule has 4 heterocycles. The Hall–Kier alpha value is -0.0800. The lowest BCUT2D eigenvalue weighted by Gasteiger charge is -2.47. The third-order valence-electron chi connectivity index (χ3n) is 6.50. The molecule has 2 bridgehead atoms. The number of nitrogens with one attached hydrogen (secondary N) is 1. The molecule has 5 nitrogen and oxygen atoms in total. The highest BCUT2D eigenvalue weighted by atomic mass is 127. The number of aliphatic imine (C=N–C) groups is 1. The van der Waals surface area contributed by atoms with Crippen molar-refractivity contribution in [2.24, 2.45) is 10.4 Å². The zero-order valence-electron chi connectivity index (χ0n) is 14.5. The molecule has 1 N–H and O–H groups in total. The summed E-state index contributed by atoms with van der Waals surface area (Å²) in [5.74, 6) is 1.14. The van der Waals surface area contributed by atoms with Gasteiger partial charge in [0.1, 0.15) is 0 Å². The van der Waals surface area contributed by atoms with Crippen LogP contribution in [0.3, 0.4) is 0 Å². The van der Waals surface area contributed by atoms with Crippen molar-refractivity contribution >= 4 is 29.9 Å². The SMILES string of the molecule is CN=C(NCC1CN2CCN1CC2)N1CCC2(CCCC2)C1.I. The van der Waals surface area contributed by atoms with Gasteiger partial charge in [0.15, 0.2) is 5.96 Å². The van der Waals surface area contributed by atoms with Gasteiger partial charge in [-0.2, -0.15) is 0 Å². The molecule has 0 aromatic heterocycles. The van der Waals surface area contributed by atoms with Gasteiger partial charge in [-0.3, -0.25) is 14.8 Å². The predicted octanol–water partition coefficient (Wildman–Crippen LogP) is 1.45. The first-order valence-electron chi connectivity index (χ1n) is 9.20. The Balaban J connectivity index is 0.00000156. The van der Waals surface area contributed by atoms with E-state index in [1.165, 1.54) is 77.9 Å². The molecule has 23 heavy (non-hydrogen) atoms. The lowest BCUT2D eigenvalue weighted by Crippen LogP contribution is -2.64. The predicted molar refractivity (Wildman–Crippen MR) is 106 cm³/mol. The van der Waals surface area contributed by atoms with Crippen LogP contribution in [-0.4, -0.2) is 86.1 Å². The van der Waals surface area contributed by atoms with E-state index >= 15 is 0 Å². The van der Waals surface area contributed by atoms with Crippen molar-refractivity contribution < 1.29 is 0 Å². The van der Waals surface area contributed by atoms with Crippen LogP contribution in [0.5, 0.6) is 0 Å². The topological polar surface area (TPSA) is 34.1 Å². The smallest absolute Gasteiger partial charge is 0.193 e. The fourth-order valence-corrected chi connectivity index (χ4v) is 5.11. The van der Waals surface area contributed by atoms with Crippen LogP contribution in [0.25, 0.3) is 0 Å². The van der Waals surface area contributed by atoms with Gasteiger partial charge >= 0.3 is 0 Å². The van der Waals surface area contributed by atoms with E-state index in [0.29, 0.717) is 11.5 Å². The molecule has 1 unspecified atom stereocenters. The summed E-state index contributed by atoms with van der Waals surface area (Å²) in [6, 6.07) is 0.669. The van der Waals surface area contributed by atoms with Crippen LogP contribution >= 0.6 is 24.0 Å². The van der Waals surface area contributed by atoms with Crippen LogP contribution in [0, 0.1) is 5.41 Å². The van der Waals surface area contributed by atoms with Crippen molar-refractivity contribution in [3.05, 3.63) is 0 Å². The molecule has 0 amide bonds. The summed E-state index contributed by atoms with van der Waals surface area (Å²) < 4.78 is 0. The molecule has 132 valence electrons. The van der Waals surface area contributed by atoms with Crippen LogP contribution in [-0.2, 0) is 0 Å². The first-order valence-corrected chi connectivity index (χ1v) is 9.20. The molecule has 0 aromatic carbocycles. The van der Waals surface area contributed by atoms with Gasteiger partial charge in [-0.25, -0.2) is 0 Å². The molecule has 1 aliphatic carbocycles. The van der Waals surface area contributed by atoms with Crippen molar-refractivity contribution in [2.45, 2.75) is 38.1 Å². The number of nitrogens with zero attached hydrogens (tertiary/aromatic N) is 4. The van der Waals surface area contributed by atoms with Crippen LogP contribution in [0.4, 0.5) is 0 Å². The molecule has 5 aliphatic rings. The van der Waals surface area contributed by atoms with Gasteiger partial charge in [-0.15, -0.1) is 24.0 Å². The van der Waals surface area contributed by atoms with Crippen molar-refractivity contribution in [1.29, 1.82) is 0 Å². The zero-order valence-corrected chi connectivity index (χ0v) is 16.8. The van der Waals surface area contributed by atoms with Crippen molar-refractivity contribution in [2.75, 3.05) is 59.4 Å². The normalized spacial score (nSPS) is 35.6. The number of rotatable bonds is 2. The minimum atomic E-state index is 0. The van der Waals surface area contributed by atoms with Crippen molar-refractivity contribution in [1.82, 2.24) is 20.0 Å². The Morgan fingerprint density at radius 3 is 2.43 bits per heavy atom. The Morgan fingerprint density at radius 1 is 1.09 bits per heavy atom. The van der Waals surface area contributed by atoms with Crippen LogP contribution < -0.4 is 5.32 Å². The number of fused-ring (bicyclic) bond motifs is 3. The molecule has 5 fully saturated rings. The molecule has 1 atom stereocenters. The maximum Gasteiger partial charge on any atom is 0.193 e. The number of likely N-dealkylation sites (tertiary alicyclic amines) is 1. The second-order valence-electron chi connectivity index (χ2n) is 7.80. The van der Waals surface area contributed by atoms with Crippen LogP contribution in [0.1, 0.15) is 32.1 Å². The van der Waals surface area contributed by atoms with E-state index < -0.39 is 0 Å². The molecule has 4 saturated heterocycles. The maximum absolute atomic E-state index is 4.57. The number of hydrogen-bond acceptors (Lipinski definition) is 3. The fraction of sp³-hybridized carbons (Fsp3) is 0.941. The van der Waals surface area contributed by atoms with E-state index in [4.69, 9.17) is 0 Å². The zero-order chi connectivity index (χ0) is 15.0. The van der Waals surface area contributed by atoms with Gasteiger partial charge in [0.2, 0.25) is 0 Å². The molecule has 0 aromatic rings. The number of piperazine rings is 3. The Labute approximate surface area is 157 Å². The van der Waals surface area contributed by atoms with E-state index in [-0.39, 0.29) is 24.0 Å². The minimum absolute atomic E-state index is 0. The lowest BCUT2D eigenvalue weighted by molar-refractivity contribution is 0.0152. The summed E-state index contributed by atoms with van der Waals surface area (Å²) in [4.78, 5) is 12.4. The number of hydrogen-bond donors (Lipinski definition) is 1. The molecule has 4 aliphatic heterocycles. The summed E-state index contributed by atoms with van der Waals surface area (Å²) >= 11 is 0. The third kappa shape index (κ3) is 3.63. The minimum Gasteiger partial charge on any atom is -0.355 e. The maximum atomic E-state index is 4.57. The van der Waals surface area contributed by atoms with Crippen molar-refractivity contribution in [3.8, 4) is 0 Å². The summed E-state index contributed by atoms with van der Waals surface area (Å²) in [5, 5.41) is 3.68. The van der Waals surface area contributed by atoms with E-state index in [1.807, 2.05) is 7.05 Å². The molecular formula is C17H32IN5. The Kier molecular flexibility index (Phi) is 5.73. The highest BCUT2D eigenvalue weighted by molar-refractivity contribution is 14.0. The van der Waals surface area contributed by atoms with Gasteiger partial charge in [-0.1, -0.05) is 12.8 Å². The van der Waals surface area contributed by atoms with E-state index in [2.05, 4.69) is 25.0 Å². The highest BCUT2D eigenvalue weighted by Gasteiger charge is 2.41. The lowest BCUT2D eigenvalue weighted by atomic mass is 9.86. The number of halogens is 1. The van der Waals surface area contributed by atoms with Gasteiger partial charge in [0.05, 0.1) is 0 Å². The molecule has 5 rings (SSSR count). The number of guanidine groups is 1. The first-order chi connectivity index (χ1) is 10.8. The van der Waals surface area contributed by atoms with Gasteiger partial charge in [-0.05, 0) is 24.7 Å². The highest BCUT2D eigenvalue weighted by Crippen LogP contribution is 2.45. The summed E-state index contributed by atoms with van der Waals surface area (Å²) in [6.07, 6.45) is 7.12. The summed E-state index contributed by atoms with van der Waals surface area (Å²) in [5.41, 5.74) is 0.622. The van der Waals surface area contributed by atoms with Gasteiger partial charge in [0, 0.05) is 65.4 Å². The molecule has 0 radical (unpaired) electrons. The van der Waals surface area contributed by atoms with E-state index in [9.17, 15) is 0 Å². The summed E-state index contributed by atoms with van der Waals surface area (Å²) in [7, 11) is 1.94. The third-order valence-corrected chi connectivity index (χ3v) is 6.50. The van der Waals surface area contributed by atoms with Crippen LogP contribution in [0.2, 0.25) is 0 Å². The molecule has 1 saturated carbocycles. The fourth-order valence-electron chi connectivity index (χ4n) is 5.11. The van der Waals surface area contributed by atoms with E-state index in [1.54, 1.807) is 0 Å². The summed E-state index contributed by atoms with van der Waals surface area (Å²) in [6.45, 7) is 9.73. The first kappa shape index (κ1) is 17.7. The van der Waals surface area contributed by atoms with Gasteiger partial charge < -0.3 is 10.2 Å². The monoisotopic (exact) mass is 433 g/mol. The van der Waals surface area contributed by atoms with E-state index in [0.717, 1.165) is 12.5 Å². The van der Waals surface area contributed by atoms with Gasteiger partial charge in [0.25, 0.3) is 0 Å². The molecular weight excluding hydrogens is 401 g/mol. The Morgan fingerprint density at radius 2 is 1.83 bits per heavy atom. The average Bonchev–Trinajstić information content (AvgIpc) is 3.20. The standard InChI is InChI=1S/C17H31N5.HI/c1-18-16(22-7-6-17(14-22)4-2-3-5-17)19-12-15-13-20-8-10-21(15)11-9-20;/h15H,2-14H2,1H3,(H,18,19);1H. The second-order valence-corrected chi connectivity index (χ2v) is 7.80. The second kappa shape index (κ2) is 7.44. The quantitative estimate of drug-likeness (QED) is 0.406. The largest absolute Gasteiger partial charge is 0.355 e. The van der Waals surface area contributed by atoms with Crippen molar-refractivity contribution in [3.63, 3.8) is 0 Å². The molecule has 6 heteroatoms. The Bertz CT molecular complexity index is 427.